The molecule has 0 bridgehead atoms. The van der Waals surface area contributed by atoms with Gasteiger partial charge in [0.1, 0.15) is 11.5 Å². The van der Waals surface area contributed by atoms with Gasteiger partial charge in [-0.3, -0.25) is 4.79 Å². The molecule has 0 unspecified atom stereocenters. The van der Waals surface area contributed by atoms with Crippen LogP contribution in [0.25, 0.3) is 0 Å². The van der Waals surface area contributed by atoms with Gasteiger partial charge in [0.2, 0.25) is 5.91 Å². The first kappa shape index (κ1) is 19.0. The number of nitrogens with zero attached hydrogens (tertiary/aromatic N) is 1. The molecule has 0 aliphatic heterocycles. The van der Waals surface area contributed by atoms with Crippen molar-refractivity contribution in [2.75, 3.05) is 6.61 Å². The third kappa shape index (κ3) is 6.58. The van der Waals surface area contributed by atoms with Gasteiger partial charge in [-0.05, 0) is 76.3 Å². The maximum Gasteiger partial charge on any atom is 0.240 e. The molecule has 2 aromatic rings. The lowest BCUT2D eigenvalue weighted by Crippen LogP contribution is -2.18. The maximum absolute atomic E-state index is 11.7. The number of carbonyl (C=O) groups excluding carboxylic acids is 1. The van der Waals surface area contributed by atoms with Crippen LogP contribution in [0.1, 0.15) is 30.9 Å². The van der Waals surface area contributed by atoms with Gasteiger partial charge in [0.05, 0.1) is 17.3 Å². The summed E-state index contributed by atoms with van der Waals surface area (Å²) >= 11 is 3.49. The molecule has 0 saturated carbocycles. The molecule has 2 rings (SSSR count). The van der Waals surface area contributed by atoms with Gasteiger partial charge in [-0.25, -0.2) is 5.43 Å². The summed E-state index contributed by atoms with van der Waals surface area (Å²) in [7, 11) is 0. The summed E-state index contributed by atoms with van der Waals surface area (Å²) in [4.78, 5) is 11.7. The third-order valence-electron chi connectivity index (χ3n) is 3.51. The number of ether oxygens (including phenoxy) is 1. The van der Waals surface area contributed by atoms with Gasteiger partial charge in [-0.2, -0.15) is 5.10 Å². The van der Waals surface area contributed by atoms with E-state index in [4.69, 9.17) is 4.74 Å². The maximum atomic E-state index is 11.7. The van der Waals surface area contributed by atoms with E-state index in [2.05, 4.69) is 33.4 Å². The van der Waals surface area contributed by atoms with Crippen LogP contribution >= 0.6 is 15.9 Å². The Kier molecular flexibility index (Phi) is 7.47. The van der Waals surface area contributed by atoms with Crippen molar-refractivity contribution in [3.8, 4) is 11.5 Å². The minimum absolute atomic E-state index is 0.168. The van der Waals surface area contributed by atoms with Crippen LogP contribution in [-0.4, -0.2) is 23.8 Å². The molecule has 6 heteroatoms. The van der Waals surface area contributed by atoms with E-state index in [1.807, 2.05) is 18.2 Å². The van der Waals surface area contributed by atoms with Crippen molar-refractivity contribution in [3.05, 3.63) is 58.1 Å². The van der Waals surface area contributed by atoms with Crippen LogP contribution in [0.4, 0.5) is 0 Å². The van der Waals surface area contributed by atoms with E-state index >= 15 is 0 Å². The lowest BCUT2D eigenvalue weighted by molar-refractivity contribution is -0.121. The highest BCUT2D eigenvalue weighted by Crippen LogP contribution is 2.26. The Morgan fingerprint density at radius 2 is 2.04 bits per heavy atom. The van der Waals surface area contributed by atoms with Crippen LogP contribution in [0.15, 0.2) is 52.0 Å². The molecule has 2 N–H and O–H groups in total. The standard InChI is InChI=1S/C19H21BrN2O3/c1-2-14-7-10-18(17(20)12-14)25-11-3-4-19(24)22-21-13-15-5-8-16(23)9-6-15/h5-10,12-13,23H,2-4,11H2,1H3,(H,22,24)/b21-13+. The number of phenolic OH excluding ortho intramolecular Hbond substituents is 1. The number of benzene rings is 2. The van der Waals surface area contributed by atoms with Crippen molar-refractivity contribution < 1.29 is 14.6 Å². The smallest absolute Gasteiger partial charge is 0.240 e. The number of carbonyl (C=O) groups is 1. The zero-order valence-corrected chi connectivity index (χ0v) is 15.6. The molecule has 25 heavy (non-hydrogen) atoms. The summed E-state index contributed by atoms with van der Waals surface area (Å²) in [6.07, 6.45) is 3.43. The number of halogens is 1. The number of aromatic hydroxyl groups is 1. The Bertz CT molecular complexity index is 730. The third-order valence-corrected chi connectivity index (χ3v) is 4.13. The summed E-state index contributed by atoms with van der Waals surface area (Å²) in [5.74, 6) is 0.805. The fraction of sp³-hybridized carbons (Fsp3) is 0.263. The van der Waals surface area contributed by atoms with Crippen LogP contribution in [0, 0.1) is 0 Å². The minimum Gasteiger partial charge on any atom is -0.508 e. The van der Waals surface area contributed by atoms with Gasteiger partial charge < -0.3 is 9.84 Å². The van der Waals surface area contributed by atoms with Crippen LogP contribution in [0.3, 0.4) is 0 Å². The van der Waals surface area contributed by atoms with Crippen molar-refractivity contribution in [3.63, 3.8) is 0 Å². The summed E-state index contributed by atoms with van der Waals surface area (Å²) < 4.78 is 6.61. The molecule has 2 aromatic carbocycles. The summed E-state index contributed by atoms with van der Waals surface area (Å²) in [5.41, 5.74) is 4.51. The molecule has 1 amide bonds. The van der Waals surface area contributed by atoms with E-state index in [9.17, 15) is 9.90 Å². The lowest BCUT2D eigenvalue weighted by atomic mass is 10.2. The summed E-state index contributed by atoms with van der Waals surface area (Å²) in [6.45, 7) is 2.56. The topological polar surface area (TPSA) is 70.9 Å². The minimum atomic E-state index is -0.168. The molecule has 5 nitrogen and oxygen atoms in total. The number of hydrogen-bond acceptors (Lipinski definition) is 4. The van der Waals surface area contributed by atoms with Gasteiger partial charge in [0.15, 0.2) is 0 Å². The quantitative estimate of drug-likeness (QED) is 0.396. The molecule has 0 aliphatic carbocycles. The first-order valence-electron chi connectivity index (χ1n) is 8.10. The van der Waals surface area contributed by atoms with E-state index < -0.39 is 0 Å². The van der Waals surface area contributed by atoms with Crippen molar-refractivity contribution in [1.82, 2.24) is 5.43 Å². The van der Waals surface area contributed by atoms with E-state index in [0.29, 0.717) is 19.4 Å². The molecule has 0 aromatic heterocycles. The Hall–Kier alpha value is -2.34. The second-order valence-corrected chi connectivity index (χ2v) is 6.31. The highest BCUT2D eigenvalue weighted by Gasteiger charge is 2.04. The Morgan fingerprint density at radius 3 is 2.72 bits per heavy atom. The molecule has 0 spiro atoms. The van der Waals surface area contributed by atoms with Crippen LogP contribution in [0.5, 0.6) is 11.5 Å². The molecule has 0 saturated heterocycles. The summed E-state index contributed by atoms with van der Waals surface area (Å²) in [6, 6.07) is 12.5. The van der Waals surface area contributed by atoms with Crippen molar-refractivity contribution in [1.29, 1.82) is 0 Å². The molecule has 0 aliphatic rings. The molecule has 0 radical (unpaired) electrons. The van der Waals surface area contributed by atoms with E-state index in [0.717, 1.165) is 22.2 Å². The van der Waals surface area contributed by atoms with Crippen LogP contribution in [0.2, 0.25) is 0 Å². The summed E-state index contributed by atoms with van der Waals surface area (Å²) in [5, 5.41) is 13.1. The molecule has 0 heterocycles. The average Bonchev–Trinajstić information content (AvgIpc) is 2.61. The fourth-order valence-electron chi connectivity index (χ4n) is 2.09. The van der Waals surface area contributed by atoms with E-state index in [1.54, 1.807) is 24.3 Å². The second kappa shape index (κ2) is 9.84. The van der Waals surface area contributed by atoms with Gasteiger partial charge in [0, 0.05) is 6.42 Å². The van der Waals surface area contributed by atoms with Gasteiger partial charge in [-0.15, -0.1) is 0 Å². The first-order valence-corrected chi connectivity index (χ1v) is 8.90. The number of phenols is 1. The molecule has 132 valence electrons. The predicted molar refractivity (Wildman–Crippen MR) is 102 cm³/mol. The highest BCUT2D eigenvalue weighted by atomic mass is 79.9. The number of rotatable bonds is 8. The van der Waals surface area contributed by atoms with Crippen molar-refractivity contribution in [2.24, 2.45) is 5.10 Å². The van der Waals surface area contributed by atoms with E-state index in [1.165, 1.54) is 11.8 Å². The number of nitrogens with one attached hydrogen (secondary N) is 1. The second-order valence-electron chi connectivity index (χ2n) is 5.46. The van der Waals surface area contributed by atoms with E-state index in [-0.39, 0.29) is 11.7 Å². The lowest BCUT2D eigenvalue weighted by Gasteiger charge is -2.09. The average molecular weight is 405 g/mol. The Labute approximate surface area is 155 Å². The highest BCUT2D eigenvalue weighted by molar-refractivity contribution is 9.10. The Morgan fingerprint density at radius 1 is 1.28 bits per heavy atom. The number of hydrogen-bond donors (Lipinski definition) is 2. The zero-order valence-electron chi connectivity index (χ0n) is 14.0. The Balaban J connectivity index is 1.67. The molecule has 0 fully saturated rings. The van der Waals surface area contributed by atoms with Gasteiger partial charge in [-0.1, -0.05) is 13.0 Å². The SMILES string of the molecule is CCc1ccc(OCCCC(=O)N/N=C/c2ccc(O)cc2)c(Br)c1. The normalized spacial score (nSPS) is 10.8. The first-order chi connectivity index (χ1) is 12.1. The van der Waals surface area contributed by atoms with Crippen molar-refractivity contribution >= 4 is 28.1 Å². The largest absolute Gasteiger partial charge is 0.508 e. The fourth-order valence-corrected chi connectivity index (χ4v) is 2.63. The number of hydrazone groups is 1. The van der Waals surface area contributed by atoms with Crippen molar-refractivity contribution in [2.45, 2.75) is 26.2 Å². The van der Waals surface area contributed by atoms with Crippen LogP contribution in [-0.2, 0) is 11.2 Å². The monoisotopic (exact) mass is 404 g/mol. The van der Waals surface area contributed by atoms with Crippen LogP contribution < -0.4 is 10.2 Å². The number of aryl methyl sites for hydroxylation is 1. The number of amides is 1. The molecule has 0 atom stereocenters. The zero-order chi connectivity index (χ0) is 18.1. The predicted octanol–water partition coefficient (Wildman–Crippen LogP) is 4.03. The molecular formula is C19H21BrN2O3. The van der Waals surface area contributed by atoms with Gasteiger partial charge in [0.25, 0.3) is 0 Å². The van der Waals surface area contributed by atoms with Gasteiger partial charge >= 0.3 is 0 Å². The molecular weight excluding hydrogens is 384 g/mol.